The number of benzene rings is 1. The lowest BCUT2D eigenvalue weighted by molar-refractivity contribution is 0.610. The average molecular weight is 252 g/mol. The van der Waals surface area contributed by atoms with Crippen molar-refractivity contribution in [2.75, 3.05) is 0 Å². The van der Waals surface area contributed by atoms with Gasteiger partial charge in [0.05, 0.1) is 0 Å². The smallest absolute Gasteiger partial charge is 0.188 e. The first kappa shape index (κ1) is 12.1. The molecule has 1 aromatic heterocycles. The van der Waals surface area contributed by atoms with Crippen LogP contribution < -0.4 is 5.73 Å². The largest absolute Gasteiger partial charge is 0.324 e. The molecule has 2 aromatic rings. The van der Waals surface area contributed by atoms with Crippen LogP contribution in [0.1, 0.15) is 24.1 Å². The first-order valence-electron chi connectivity index (χ1n) is 5.16. The number of nitrogens with one attached hydrogen (secondary N) is 1. The maximum absolute atomic E-state index is 13.5. The quantitative estimate of drug-likeness (QED) is 0.880. The Kier molecular flexibility index (Phi) is 3.44. The fourth-order valence-electron chi connectivity index (χ4n) is 1.46. The molecule has 0 fully saturated rings. The Hall–Kier alpha value is -1.40. The normalized spacial score (nSPS) is 12.7. The summed E-state index contributed by atoms with van der Waals surface area (Å²) in [6, 6.07) is 3.04. The van der Waals surface area contributed by atoms with E-state index in [0.717, 1.165) is 10.5 Å². The second-order valence-corrected chi connectivity index (χ2v) is 4.85. The first-order valence-corrected chi connectivity index (χ1v) is 5.98. The second-order valence-electron chi connectivity index (χ2n) is 3.82. The molecule has 1 unspecified atom stereocenters. The van der Waals surface area contributed by atoms with Crippen molar-refractivity contribution in [2.24, 2.45) is 5.73 Å². The predicted molar refractivity (Wildman–Crippen MR) is 64.2 cm³/mol. The van der Waals surface area contributed by atoms with Crippen molar-refractivity contribution in [1.82, 2.24) is 15.2 Å². The Labute approximate surface area is 103 Å². The van der Waals surface area contributed by atoms with E-state index >= 15 is 0 Å². The van der Waals surface area contributed by atoms with E-state index in [2.05, 4.69) is 15.2 Å². The van der Waals surface area contributed by atoms with E-state index in [9.17, 15) is 4.39 Å². The van der Waals surface area contributed by atoms with Crippen molar-refractivity contribution in [3.63, 3.8) is 0 Å². The summed E-state index contributed by atoms with van der Waals surface area (Å²) in [4.78, 5) is 4.92. The lowest BCUT2D eigenvalue weighted by atomic mass is 10.1. The molecule has 2 rings (SSSR count). The Morgan fingerprint density at radius 1 is 1.47 bits per heavy atom. The molecule has 0 bridgehead atoms. The third-order valence-corrected chi connectivity index (χ3v) is 3.34. The van der Waals surface area contributed by atoms with Crippen LogP contribution in [0.2, 0.25) is 0 Å². The maximum atomic E-state index is 13.5. The SMILES string of the molecule is Cc1cc(Sc2ncn[nH]2)c(C(C)N)cc1F. The average Bonchev–Trinajstić information content (AvgIpc) is 2.75. The van der Waals surface area contributed by atoms with Gasteiger partial charge in [0, 0.05) is 10.9 Å². The fourth-order valence-corrected chi connectivity index (χ4v) is 2.47. The topological polar surface area (TPSA) is 67.6 Å². The summed E-state index contributed by atoms with van der Waals surface area (Å²) in [5.41, 5.74) is 7.20. The molecule has 0 aliphatic heterocycles. The Balaban J connectivity index is 2.41. The van der Waals surface area contributed by atoms with Crippen LogP contribution in [0.4, 0.5) is 4.39 Å². The molecular formula is C11H13FN4S. The molecule has 1 aromatic carbocycles. The van der Waals surface area contributed by atoms with E-state index in [1.54, 1.807) is 13.0 Å². The van der Waals surface area contributed by atoms with Gasteiger partial charge in [-0.25, -0.2) is 9.37 Å². The van der Waals surface area contributed by atoms with Crippen molar-refractivity contribution in [2.45, 2.75) is 29.9 Å². The van der Waals surface area contributed by atoms with Crippen LogP contribution >= 0.6 is 11.8 Å². The van der Waals surface area contributed by atoms with Crippen molar-refractivity contribution < 1.29 is 4.39 Å². The summed E-state index contributed by atoms with van der Waals surface area (Å²) >= 11 is 1.40. The second kappa shape index (κ2) is 4.85. The summed E-state index contributed by atoms with van der Waals surface area (Å²) < 4.78 is 13.5. The van der Waals surface area contributed by atoms with Crippen LogP contribution in [0.15, 0.2) is 28.5 Å². The van der Waals surface area contributed by atoms with Gasteiger partial charge in [0.1, 0.15) is 12.1 Å². The first-order chi connectivity index (χ1) is 8.08. The molecule has 0 saturated carbocycles. The van der Waals surface area contributed by atoms with Crippen LogP contribution in [-0.4, -0.2) is 15.2 Å². The van der Waals surface area contributed by atoms with Gasteiger partial charge in [-0.3, -0.25) is 5.10 Å². The van der Waals surface area contributed by atoms with Crippen LogP contribution in [0.25, 0.3) is 0 Å². The molecule has 3 N–H and O–H groups in total. The lowest BCUT2D eigenvalue weighted by Crippen LogP contribution is -2.07. The molecule has 90 valence electrons. The predicted octanol–water partition coefficient (Wildman–Crippen LogP) is 2.42. The fraction of sp³-hybridized carbons (Fsp3) is 0.273. The Morgan fingerprint density at radius 2 is 2.24 bits per heavy atom. The molecule has 6 heteroatoms. The monoisotopic (exact) mass is 252 g/mol. The minimum Gasteiger partial charge on any atom is -0.324 e. The number of hydrogen-bond acceptors (Lipinski definition) is 4. The van der Waals surface area contributed by atoms with Crippen molar-refractivity contribution in [1.29, 1.82) is 0 Å². The third kappa shape index (κ3) is 2.65. The highest BCUT2D eigenvalue weighted by atomic mass is 32.2. The highest BCUT2D eigenvalue weighted by molar-refractivity contribution is 7.99. The summed E-state index contributed by atoms with van der Waals surface area (Å²) in [5, 5.41) is 7.19. The number of aryl methyl sites for hydroxylation is 1. The van der Waals surface area contributed by atoms with Gasteiger partial charge >= 0.3 is 0 Å². The molecule has 17 heavy (non-hydrogen) atoms. The van der Waals surface area contributed by atoms with E-state index in [1.807, 2.05) is 6.92 Å². The van der Waals surface area contributed by atoms with Gasteiger partial charge in [0.25, 0.3) is 0 Å². The summed E-state index contributed by atoms with van der Waals surface area (Å²) in [5.74, 6) is -0.237. The highest BCUT2D eigenvalue weighted by Gasteiger charge is 2.13. The minimum atomic E-state index is -0.237. The lowest BCUT2D eigenvalue weighted by Gasteiger charge is -2.12. The van der Waals surface area contributed by atoms with Gasteiger partial charge in [-0.2, -0.15) is 5.10 Å². The molecule has 0 aliphatic rings. The van der Waals surface area contributed by atoms with Gasteiger partial charge in [-0.1, -0.05) is 0 Å². The van der Waals surface area contributed by atoms with Crippen LogP contribution in [0.3, 0.4) is 0 Å². The van der Waals surface area contributed by atoms with Gasteiger partial charge in [0.15, 0.2) is 5.16 Å². The number of aromatic amines is 1. The molecule has 1 heterocycles. The molecule has 0 aliphatic carbocycles. The highest BCUT2D eigenvalue weighted by Crippen LogP contribution is 2.32. The Bertz CT molecular complexity index is 510. The van der Waals surface area contributed by atoms with Crippen LogP contribution in [0, 0.1) is 12.7 Å². The standard InChI is InChI=1S/C11H13FN4S/c1-6-3-10(17-11-14-5-15-16-11)8(7(2)13)4-9(6)12/h3-5,7H,13H2,1-2H3,(H,14,15,16). The Morgan fingerprint density at radius 3 is 2.82 bits per heavy atom. The van der Waals surface area contributed by atoms with Crippen molar-refractivity contribution in [3.05, 3.63) is 35.4 Å². The van der Waals surface area contributed by atoms with Gasteiger partial charge in [0.2, 0.25) is 0 Å². The summed E-state index contributed by atoms with van der Waals surface area (Å²) in [6.07, 6.45) is 1.43. The van der Waals surface area contributed by atoms with E-state index in [0.29, 0.717) is 10.7 Å². The zero-order valence-corrected chi connectivity index (χ0v) is 10.4. The number of halogens is 1. The van der Waals surface area contributed by atoms with Gasteiger partial charge in [-0.15, -0.1) is 0 Å². The number of hydrogen-bond donors (Lipinski definition) is 2. The molecular weight excluding hydrogens is 239 g/mol. The summed E-state index contributed by atoms with van der Waals surface area (Å²) in [6.45, 7) is 3.55. The summed E-state index contributed by atoms with van der Waals surface area (Å²) in [7, 11) is 0. The van der Waals surface area contributed by atoms with E-state index < -0.39 is 0 Å². The van der Waals surface area contributed by atoms with E-state index in [4.69, 9.17) is 5.73 Å². The number of aromatic nitrogens is 3. The van der Waals surface area contributed by atoms with E-state index in [-0.39, 0.29) is 11.9 Å². The van der Waals surface area contributed by atoms with E-state index in [1.165, 1.54) is 24.2 Å². The molecule has 1 atom stereocenters. The van der Waals surface area contributed by atoms with Crippen molar-refractivity contribution >= 4 is 11.8 Å². The zero-order chi connectivity index (χ0) is 12.4. The minimum absolute atomic E-state index is 0.226. The number of H-pyrrole nitrogens is 1. The maximum Gasteiger partial charge on any atom is 0.188 e. The molecule has 0 spiro atoms. The van der Waals surface area contributed by atoms with Crippen LogP contribution in [-0.2, 0) is 0 Å². The molecule has 0 saturated heterocycles. The molecule has 0 amide bonds. The third-order valence-electron chi connectivity index (χ3n) is 2.38. The van der Waals surface area contributed by atoms with Crippen LogP contribution in [0.5, 0.6) is 0 Å². The molecule has 0 radical (unpaired) electrons. The molecule has 4 nitrogen and oxygen atoms in total. The zero-order valence-electron chi connectivity index (χ0n) is 9.57. The number of nitrogens with two attached hydrogens (primary N) is 1. The number of rotatable bonds is 3. The van der Waals surface area contributed by atoms with Gasteiger partial charge < -0.3 is 5.73 Å². The van der Waals surface area contributed by atoms with Gasteiger partial charge in [-0.05, 0) is 48.9 Å². The van der Waals surface area contributed by atoms with Crippen molar-refractivity contribution in [3.8, 4) is 0 Å². The number of nitrogens with zero attached hydrogens (tertiary/aromatic N) is 2.